The van der Waals surface area contributed by atoms with Gasteiger partial charge in [0, 0.05) is 11.6 Å². The lowest BCUT2D eigenvalue weighted by Crippen LogP contribution is -2.11. The molecular formula is C16H12FNO2S. The molecule has 0 radical (unpaired) electrons. The highest BCUT2D eigenvalue weighted by atomic mass is 32.2. The van der Waals surface area contributed by atoms with Crippen LogP contribution in [0.5, 0.6) is 0 Å². The molecule has 21 heavy (non-hydrogen) atoms. The maximum absolute atomic E-state index is 14.7. The first-order valence-corrected chi connectivity index (χ1v) is 7.92. The number of aromatic nitrogens is 1. The number of benzene rings is 2. The predicted octanol–water partition coefficient (Wildman–Crippen LogP) is 3.68. The Hall–Kier alpha value is -2.27. The number of hydrogen-bond acceptors (Lipinski definition) is 3. The third kappa shape index (κ3) is 2.40. The number of rotatable bonds is 3. The van der Waals surface area contributed by atoms with Gasteiger partial charge in [-0.05, 0) is 23.6 Å². The molecule has 0 aliphatic rings. The normalized spacial score (nSPS) is 13.2. The maximum Gasteiger partial charge on any atom is 0.247 e. The van der Waals surface area contributed by atoms with Crippen LogP contribution in [0.2, 0.25) is 0 Å². The molecule has 0 fully saturated rings. The first-order valence-electron chi connectivity index (χ1n) is 6.37. The molecule has 0 spiro atoms. The Kier molecular flexibility index (Phi) is 3.43. The van der Waals surface area contributed by atoms with E-state index >= 15 is 0 Å². The summed E-state index contributed by atoms with van der Waals surface area (Å²) in [6.45, 7) is 0. The number of nitrogens with zero attached hydrogens (tertiary/aromatic N) is 1. The van der Waals surface area contributed by atoms with Crippen LogP contribution in [0.3, 0.4) is 0 Å². The average Bonchev–Trinajstić information content (AvgIpc) is 2.54. The Bertz CT molecular complexity index is 874. The van der Waals surface area contributed by atoms with Gasteiger partial charge in [-0.3, -0.25) is 4.98 Å². The zero-order chi connectivity index (χ0) is 14.9. The van der Waals surface area contributed by atoms with Crippen molar-refractivity contribution in [1.82, 2.24) is 4.98 Å². The van der Waals surface area contributed by atoms with Crippen LogP contribution in [0.25, 0.3) is 10.8 Å². The Balaban J connectivity index is 2.15. The van der Waals surface area contributed by atoms with Crippen molar-refractivity contribution < 1.29 is 12.8 Å². The van der Waals surface area contributed by atoms with E-state index < -0.39 is 15.3 Å². The van der Waals surface area contributed by atoms with E-state index in [-0.39, 0.29) is 10.6 Å². The second-order valence-corrected chi connectivity index (χ2v) is 6.57. The number of halogens is 1. The summed E-state index contributed by atoms with van der Waals surface area (Å²) in [7, 11) is -4.11. The van der Waals surface area contributed by atoms with Gasteiger partial charge in [0.25, 0.3) is 0 Å². The number of alkyl halides is 1. The summed E-state index contributed by atoms with van der Waals surface area (Å²) >= 11 is 0. The van der Waals surface area contributed by atoms with Gasteiger partial charge < -0.3 is 0 Å². The molecule has 3 aromatic rings. The topological polar surface area (TPSA) is 47.0 Å². The fourth-order valence-electron chi connectivity index (χ4n) is 2.20. The summed E-state index contributed by atoms with van der Waals surface area (Å²) in [5, 5.41) is 1.26. The molecule has 5 heteroatoms. The van der Waals surface area contributed by atoms with Crippen LogP contribution in [0, 0.1) is 0 Å². The standard InChI is InChI=1S/C16H12FNO2S/c17-16(21(19,20)13-7-2-1-3-8-13)15-14-9-5-4-6-12(14)10-11-18-15/h1-11,16H. The molecule has 106 valence electrons. The van der Waals surface area contributed by atoms with Gasteiger partial charge in [0.2, 0.25) is 15.3 Å². The van der Waals surface area contributed by atoms with Crippen LogP contribution >= 0.6 is 0 Å². The molecule has 0 saturated heterocycles. The van der Waals surface area contributed by atoms with Crippen LogP contribution in [0.1, 0.15) is 11.2 Å². The van der Waals surface area contributed by atoms with Gasteiger partial charge in [-0.15, -0.1) is 0 Å². The molecule has 2 aromatic carbocycles. The van der Waals surface area contributed by atoms with E-state index in [1.165, 1.54) is 18.3 Å². The molecule has 3 nitrogen and oxygen atoms in total. The molecule has 1 unspecified atom stereocenters. The Morgan fingerprint density at radius 2 is 1.57 bits per heavy atom. The van der Waals surface area contributed by atoms with Crippen molar-refractivity contribution in [2.24, 2.45) is 0 Å². The molecule has 0 aliphatic carbocycles. The van der Waals surface area contributed by atoms with E-state index in [9.17, 15) is 12.8 Å². The van der Waals surface area contributed by atoms with Crippen molar-refractivity contribution >= 4 is 20.6 Å². The Morgan fingerprint density at radius 3 is 2.33 bits per heavy atom. The lowest BCUT2D eigenvalue weighted by molar-refractivity contribution is 0.426. The van der Waals surface area contributed by atoms with E-state index in [4.69, 9.17) is 0 Å². The van der Waals surface area contributed by atoms with Gasteiger partial charge in [0.05, 0.1) is 10.6 Å². The quantitative estimate of drug-likeness (QED) is 0.741. The highest BCUT2D eigenvalue weighted by molar-refractivity contribution is 7.91. The SMILES string of the molecule is O=S(=O)(c1ccccc1)C(F)c1nccc2ccccc12. The lowest BCUT2D eigenvalue weighted by Gasteiger charge is -2.11. The van der Waals surface area contributed by atoms with Crippen LogP contribution in [-0.4, -0.2) is 13.4 Å². The minimum Gasteiger partial charge on any atom is -0.256 e. The van der Waals surface area contributed by atoms with Crippen molar-refractivity contribution in [2.75, 3.05) is 0 Å². The summed E-state index contributed by atoms with van der Waals surface area (Å²) in [4.78, 5) is 3.90. The third-order valence-corrected chi connectivity index (χ3v) is 4.96. The van der Waals surface area contributed by atoms with E-state index in [2.05, 4.69) is 4.98 Å². The number of sulfone groups is 1. The smallest absolute Gasteiger partial charge is 0.247 e. The average molecular weight is 301 g/mol. The van der Waals surface area contributed by atoms with Crippen LogP contribution < -0.4 is 0 Å². The van der Waals surface area contributed by atoms with E-state index in [0.717, 1.165) is 5.39 Å². The van der Waals surface area contributed by atoms with Crippen LogP contribution in [0.4, 0.5) is 4.39 Å². The minimum absolute atomic E-state index is 0.0489. The first-order chi connectivity index (χ1) is 10.1. The molecule has 3 rings (SSSR count). The highest BCUT2D eigenvalue weighted by Gasteiger charge is 2.31. The first kappa shape index (κ1) is 13.7. The zero-order valence-electron chi connectivity index (χ0n) is 11.0. The molecule has 0 saturated carbocycles. The summed E-state index contributed by atoms with van der Waals surface area (Å²) in [5.74, 6) is 0. The molecule has 0 N–H and O–H groups in total. The maximum atomic E-state index is 14.7. The number of pyridine rings is 1. The van der Waals surface area contributed by atoms with Gasteiger partial charge in [0.1, 0.15) is 0 Å². The Morgan fingerprint density at radius 1 is 0.905 bits per heavy atom. The largest absolute Gasteiger partial charge is 0.256 e. The Labute approximate surface area is 122 Å². The molecule has 0 aliphatic heterocycles. The number of hydrogen-bond donors (Lipinski definition) is 0. The zero-order valence-corrected chi connectivity index (χ0v) is 11.8. The van der Waals surface area contributed by atoms with Crippen LogP contribution in [-0.2, 0) is 9.84 Å². The van der Waals surface area contributed by atoms with Crippen molar-refractivity contribution in [3.05, 3.63) is 72.6 Å². The van der Waals surface area contributed by atoms with Gasteiger partial charge >= 0.3 is 0 Å². The predicted molar refractivity (Wildman–Crippen MR) is 79.2 cm³/mol. The molecule has 0 bridgehead atoms. The molecule has 1 atom stereocenters. The van der Waals surface area contributed by atoms with Crippen molar-refractivity contribution in [1.29, 1.82) is 0 Å². The second kappa shape index (κ2) is 5.26. The summed E-state index contributed by atoms with van der Waals surface area (Å²) in [6.07, 6.45) is 1.42. The van der Waals surface area contributed by atoms with Crippen molar-refractivity contribution in [3.63, 3.8) is 0 Å². The second-order valence-electron chi connectivity index (χ2n) is 4.59. The lowest BCUT2D eigenvalue weighted by atomic mass is 10.1. The molecule has 1 aromatic heterocycles. The molecule has 1 heterocycles. The summed E-state index contributed by atoms with van der Waals surface area (Å²) in [5.41, 5.74) is -2.26. The third-order valence-electron chi connectivity index (χ3n) is 3.26. The molecule has 0 amide bonds. The fourth-order valence-corrected chi connectivity index (χ4v) is 3.46. The van der Waals surface area contributed by atoms with Gasteiger partial charge in [-0.1, -0.05) is 42.5 Å². The summed E-state index contributed by atoms with van der Waals surface area (Å²) in [6, 6.07) is 16.3. The van der Waals surface area contributed by atoms with Crippen molar-refractivity contribution in [3.8, 4) is 0 Å². The highest BCUT2D eigenvalue weighted by Crippen LogP contribution is 2.32. The van der Waals surface area contributed by atoms with Crippen LogP contribution in [0.15, 0.2) is 71.8 Å². The summed E-state index contributed by atoms with van der Waals surface area (Å²) < 4.78 is 39.4. The van der Waals surface area contributed by atoms with Gasteiger partial charge in [-0.2, -0.15) is 0 Å². The fraction of sp³-hybridized carbons (Fsp3) is 0.0625. The van der Waals surface area contributed by atoms with E-state index in [1.54, 1.807) is 42.5 Å². The van der Waals surface area contributed by atoms with Gasteiger partial charge in [-0.25, -0.2) is 12.8 Å². The number of fused-ring (bicyclic) bond motifs is 1. The molecular weight excluding hydrogens is 289 g/mol. The van der Waals surface area contributed by atoms with E-state index in [0.29, 0.717) is 5.39 Å². The van der Waals surface area contributed by atoms with Gasteiger partial charge in [0.15, 0.2) is 0 Å². The minimum atomic E-state index is -4.11. The monoisotopic (exact) mass is 301 g/mol. The van der Waals surface area contributed by atoms with Crippen molar-refractivity contribution in [2.45, 2.75) is 10.4 Å². The van der Waals surface area contributed by atoms with E-state index in [1.807, 2.05) is 6.07 Å².